The van der Waals surface area contributed by atoms with Gasteiger partial charge in [-0.3, -0.25) is 9.59 Å². The summed E-state index contributed by atoms with van der Waals surface area (Å²) in [5.74, 6) is -0.169. The van der Waals surface area contributed by atoms with Crippen LogP contribution in [0.25, 0.3) is 0 Å². The van der Waals surface area contributed by atoms with Gasteiger partial charge in [0.25, 0.3) is 5.91 Å². The number of hydrogen-bond donors (Lipinski definition) is 0. The van der Waals surface area contributed by atoms with Crippen molar-refractivity contribution in [2.75, 3.05) is 6.54 Å². The Bertz CT molecular complexity index is 423. The van der Waals surface area contributed by atoms with Crippen LogP contribution in [-0.2, 0) is 22.2 Å². The van der Waals surface area contributed by atoms with Crippen molar-refractivity contribution < 1.29 is 39.1 Å². The average molecular weight is 304 g/mol. The van der Waals surface area contributed by atoms with E-state index in [9.17, 15) is 9.59 Å². The Labute approximate surface area is 148 Å². The van der Waals surface area contributed by atoms with Crippen molar-refractivity contribution in [3.8, 4) is 0 Å². The minimum atomic E-state index is -1.03. The molecule has 20 heavy (non-hydrogen) atoms. The first-order valence-electron chi connectivity index (χ1n) is 6.62. The molecule has 0 N–H and O–H groups in total. The van der Waals surface area contributed by atoms with Crippen LogP contribution in [0, 0.1) is 11.3 Å². The Morgan fingerprint density at radius 2 is 2.05 bits per heavy atom. The zero-order valence-corrected chi connectivity index (χ0v) is 15.6. The molecule has 0 saturated heterocycles. The van der Waals surface area contributed by atoms with Crippen molar-refractivity contribution in [3.63, 3.8) is 0 Å². The summed E-state index contributed by atoms with van der Waals surface area (Å²) in [5, 5.41) is 0.0588. The molecule has 0 aromatic carbocycles. The summed E-state index contributed by atoms with van der Waals surface area (Å²) in [4.78, 5) is 30.1. The van der Waals surface area contributed by atoms with E-state index in [4.69, 9.17) is 12.6 Å². The molecule has 0 aromatic rings. The number of nitrogens with zero attached hydrogens (tertiary/aromatic N) is 2. The first-order chi connectivity index (χ1) is 8.89. The number of rotatable bonds is 6. The van der Waals surface area contributed by atoms with Crippen LogP contribution in [0.15, 0.2) is 17.6 Å². The normalized spacial score (nSPS) is 22.6. The van der Waals surface area contributed by atoms with E-state index < -0.39 is 5.41 Å². The largest absolute Gasteiger partial charge is 1.00 e. The molecule has 0 radical (unpaired) electrons. The maximum atomic E-state index is 12.6. The molecule has 0 spiro atoms. The summed E-state index contributed by atoms with van der Waals surface area (Å²) in [5.41, 5.74) is -1.03. The molecule has 1 aliphatic heterocycles. The van der Waals surface area contributed by atoms with Gasteiger partial charge in [-0.2, -0.15) is 0 Å². The summed E-state index contributed by atoms with van der Waals surface area (Å²) >= 11 is 5.00. The Morgan fingerprint density at radius 1 is 1.45 bits per heavy atom. The van der Waals surface area contributed by atoms with Gasteiger partial charge in [-0.05, 0) is 30.3 Å². The first kappa shape index (κ1) is 19.8. The van der Waals surface area contributed by atoms with Crippen molar-refractivity contribution in [2.45, 2.75) is 40.0 Å². The standard InChI is InChI=1S/C14H22N2O2S.Na/c1-5-9-16-12(18)14(6-2,8-7-10(3)4)11(17)15-13(16)19;/h5,10H,1,6-9H2,2-4H3,(H,15,17,19);/q;+1/p-1. The summed E-state index contributed by atoms with van der Waals surface area (Å²) < 4.78 is 0. The van der Waals surface area contributed by atoms with Gasteiger partial charge < -0.3 is 17.5 Å². The second-order valence-electron chi connectivity index (χ2n) is 5.27. The van der Waals surface area contributed by atoms with E-state index in [2.05, 4.69) is 25.4 Å². The molecule has 2 amide bonds. The van der Waals surface area contributed by atoms with Crippen molar-refractivity contribution in [3.05, 3.63) is 12.7 Å². The maximum Gasteiger partial charge on any atom is 1.00 e. The van der Waals surface area contributed by atoms with Gasteiger partial charge in [-0.15, -0.1) is 6.58 Å². The summed E-state index contributed by atoms with van der Waals surface area (Å²) in [6, 6.07) is 0. The Morgan fingerprint density at radius 3 is 2.50 bits per heavy atom. The monoisotopic (exact) mass is 304 g/mol. The van der Waals surface area contributed by atoms with E-state index in [1.165, 1.54) is 4.90 Å². The second-order valence-corrected chi connectivity index (χ2v) is 5.64. The van der Waals surface area contributed by atoms with E-state index in [0.29, 0.717) is 25.3 Å². The molecule has 0 bridgehead atoms. The van der Waals surface area contributed by atoms with Crippen LogP contribution < -0.4 is 29.6 Å². The third kappa shape index (κ3) is 3.91. The fourth-order valence-electron chi connectivity index (χ4n) is 2.21. The number of carbonyl (C=O) groups excluding carboxylic acids is 2. The average Bonchev–Trinajstić information content (AvgIpc) is 2.35. The fraction of sp³-hybridized carbons (Fsp3) is 0.643. The van der Waals surface area contributed by atoms with Gasteiger partial charge in [-0.1, -0.05) is 26.8 Å². The molecule has 0 saturated carbocycles. The van der Waals surface area contributed by atoms with Crippen molar-refractivity contribution >= 4 is 29.6 Å². The minimum absolute atomic E-state index is 0. The van der Waals surface area contributed by atoms with Crippen LogP contribution in [-0.4, -0.2) is 28.4 Å². The molecule has 0 aromatic heterocycles. The van der Waals surface area contributed by atoms with E-state index in [1.54, 1.807) is 6.08 Å². The zero-order chi connectivity index (χ0) is 14.6. The molecule has 4 nitrogen and oxygen atoms in total. The van der Waals surface area contributed by atoms with E-state index in [1.807, 2.05) is 6.92 Å². The van der Waals surface area contributed by atoms with E-state index in [-0.39, 0.29) is 46.5 Å². The Balaban J connectivity index is 0.00000361. The predicted molar refractivity (Wildman–Crippen MR) is 78.5 cm³/mol. The Kier molecular flexibility index (Phi) is 8.18. The molecule has 6 heteroatoms. The van der Waals surface area contributed by atoms with E-state index >= 15 is 0 Å². The van der Waals surface area contributed by atoms with Gasteiger partial charge in [0, 0.05) is 6.54 Å². The fourth-order valence-corrected chi connectivity index (χ4v) is 2.45. The third-order valence-electron chi connectivity index (χ3n) is 3.56. The van der Waals surface area contributed by atoms with Gasteiger partial charge in [0.2, 0.25) is 5.91 Å². The van der Waals surface area contributed by atoms with Crippen LogP contribution in [0.2, 0.25) is 0 Å². The van der Waals surface area contributed by atoms with Gasteiger partial charge in [0.15, 0.2) is 0 Å². The van der Waals surface area contributed by atoms with Crippen molar-refractivity contribution in [1.29, 1.82) is 0 Å². The first-order valence-corrected chi connectivity index (χ1v) is 7.02. The molecular formula is C14H21N2NaO2S. The summed E-state index contributed by atoms with van der Waals surface area (Å²) in [7, 11) is 0. The summed E-state index contributed by atoms with van der Waals surface area (Å²) in [6.07, 6.45) is 3.39. The van der Waals surface area contributed by atoms with Gasteiger partial charge in [-0.25, -0.2) is 4.99 Å². The van der Waals surface area contributed by atoms with Gasteiger partial charge >= 0.3 is 29.6 Å². The predicted octanol–water partition coefficient (Wildman–Crippen LogP) is -0.719. The molecular weight excluding hydrogens is 283 g/mol. The Hall–Kier alpha value is -0.230. The third-order valence-corrected chi connectivity index (χ3v) is 3.87. The van der Waals surface area contributed by atoms with Crippen molar-refractivity contribution in [1.82, 2.24) is 4.90 Å². The molecule has 1 heterocycles. The molecule has 1 atom stereocenters. The molecule has 0 aliphatic carbocycles. The topological polar surface area (TPSA) is 49.7 Å². The molecule has 1 rings (SSSR count). The van der Waals surface area contributed by atoms with Crippen LogP contribution in [0.1, 0.15) is 40.0 Å². The van der Waals surface area contributed by atoms with Crippen molar-refractivity contribution in [2.24, 2.45) is 16.3 Å². The zero-order valence-electron chi connectivity index (χ0n) is 12.8. The molecule has 1 unspecified atom stereocenters. The minimum Gasteiger partial charge on any atom is -0.742 e. The van der Waals surface area contributed by atoms with Crippen LogP contribution in [0.3, 0.4) is 0 Å². The molecule has 1 aliphatic rings. The maximum absolute atomic E-state index is 12.6. The number of amidine groups is 1. The smallest absolute Gasteiger partial charge is 0.742 e. The second kappa shape index (κ2) is 8.27. The van der Waals surface area contributed by atoms with Crippen LogP contribution in [0.4, 0.5) is 0 Å². The number of amides is 2. The van der Waals surface area contributed by atoms with E-state index in [0.717, 1.165) is 6.42 Å². The quantitative estimate of drug-likeness (QED) is 0.282. The van der Waals surface area contributed by atoms with Crippen LogP contribution >= 0.6 is 0 Å². The van der Waals surface area contributed by atoms with Gasteiger partial charge in [0.1, 0.15) is 5.41 Å². The molecule has 106 valence electrons. The number of carbonyl (C=O) groups is 2. The number of aliphatic imine (C=N–C) groups is 1. The van der Waals surface area contributed by atoms with Gasteiger partial charge in [0.05, 0.1) is 0 Å². The summed E-state index contributed by atoms with van der Waals surface area (Å²) in [6.45, 7) is 9.91. The SMILES string of the molecule is C=CCN1C(=O)C(CC)(CCC(C)C)C(=O)N=C1[S-].[Na+]. The number of hydrogen-bond acceptors (Lipinski definition) is 3. The van der Waals surface area contributed by atoms with Crippen LogP contribution in [0.5, 0.6) is 0 Å². The molecule has 0 fully saturated rings.